The maximum absolute atomic E-state index is 11.5. The van der Waals surface area contributed by atoms with E-state index in [1.54, 1.807) is 0 Å². The highest BCUT2D eigenvalue weighted by molar-refractivity contribution is 6.20. The summed E-state index contributed by atoms with van der Waals surface area (Å²) in [6.45, 7) is 0. The highest BCUT2D eigenvalue weighted by atomic mass is 16.5. The molecule has 0 aliphatic carbocycles. The number of carbonyl (C=O) groups excluding carboxylic acids is 2. The molecule has 0 bridgehead atoms. The van der Waals surface area contributed by atoms with Crippen molar-refractivity contribution >= 4 is 17.5 Å². The van der Waals surface area contributed by atoms with Gasteiger partial charge in [0.05, 0.1) is 19.8 Å². The van der Waals surface area contributed by atoms with E-state index in [1.807, 2.05) is 0 Å². The Morgan fingerprint density at radius 3 is 2.00 bits per heavy atom. The predicted molar refractivity (Wildman–Crippen MR) is 63.4 cm³/mol. The summed E-state index contributed by atoms with van der Waals surface area (Å²) < 4.78 is 8.86. The van der Waals surface area contributed by atoms with E-state index in [0.717, 1.165) is 32.4 Å². The first-order valence-electron chi connectivity index (χ1n) is 5.04. The summed E-state index contributed by atoms with van der Waals surface area (Å²) in [5.74, 6) is -3.70. The third kappa shape index (κ3) is 3.15. The number of phenolic OH excluding ortho intramolecular Hbond substituents is 3. The van der Waals surface area contributed by atoms with Gasteiger partial charge in [-0.25, -0.2) is 9.59 Å². The fourth-order valence-corrected chi connectivity index (χ4v) is 1.31. The van der Waals surface area contributed by atoms with Gasteiger partial charge in [-0.15, -0.1) is 0 Å². The topological polar surface area (TPSA) is 113 Å². The zero-order valence-electron chi connectivity index (χ0n) is 10.2. The van der Waals surface area contributed by atoms with Gasteiger partial charge in [0.15, 0.2) is 17.2 Å². The number of aromatic hydroxyl groups is 3. The van der Waals surface area contributed by atoms with E-state index in [1.165, 1.54) is 0 Å². The number of phenols is 3. The van der Waals surface area contributed by atoms with Gasteiger partial charge in [-0.05, 0) is 17.7 Å². The van der Waals surface area contributed by atoms with Crippen molar-refractivity contribution in [3.05, 3.63) is 23.8 Å². The molecule has 7 heteroatoms. The first-order valence-corrected chi connectivity index (χ1v) is 5.04. The largest absolute Gasteiger partial charge is 0.504 e. The summed E-state index contributed by atoms with van der Waals surface area (Å²) in [4.78, 5) is 22.7. The number of rotatable bonds is 3. The minimum atomic E-state index is -0.866. The van der Waals surface area contributed by atoms with E-state index in [2.05, 4.69) is 9.47 Å². The molecular weight excluding hydrogens is 256 g/mol. The van der Waals surface area contributed by atoms with Gasteiger partial charge in [0.2, 0.25) is 0 Å². The second-order valence-electron chi connectivity index (χ2n) is 3.44. The molecule has 0 radical (unpaired) electrons. The van der Waals surface area contributed by atoms with Crippen LogP contribution in [0.5, 0.6) is 17.2 Å². The van der Waals surface area contributed by atoms with E-state index in [0.29, 0.717) is 0 Å². The molecule has 0 fully saturated rings. The summed E-state index contributed by atoms with van der Waals surface area (Å²) in [6.07, 6.45) is 0.844. The third-order valence-corrected chi connectivity index (χ3v) is 2.25. The number of ether oxygens (including phenoxy) is 2. The van der Waals surface area contributed by atoms with Gasteiger partial charge in [0.1, 0.15) is 0 Å². The lowest BCUT2D eigenvalue weighted by molar-refractivity contribution is -0.136. The molecule has 0 unspecified atom stereocenters. The Labute approximate surface area is 108 Å². The molecule has 0 heterocycles. The average molecular weight is 268 g/mol. The van der Waals surface area contributed by atoms with Crippen molar-refractivity contribution in [2.45, 2.75) is 0 Å². The van der Waals surface area contributed by atoms with Gasteiger partial charge in [-0.3, -0.25) is 0 Å². The standard InChI is InChI=1S/C12H12O7/c1-18-10(15)5-7(12(17)19-2)6-3-8(13)11(16)9(14)4-6/h3-5,13-14,16H,1-2H3/b7-5+. The van der Waals surface area contributed by atoms with Crippen molar-refractivity contribution in [2.75, 3.05) is 14.2 Å². The Balaban J connectivity index is 3.38. The molecule has 102 valence electrons. The fraction of sp³-hybridized carbons (Fsp3) is 0.167. The summed E-state index contributed by atoms with van der Waals surface area (Å²) in [6, 6.07) is 2.00. The molecule has 19 heavy (non-hydrogen) atoms. The fourth-order valence-electron chi connectivity index (χ4n) is 1.31. The molecular formula is C12H12O7. The Bertz CT molecular complexity index is 522. The minimum Gasteiger partial charge on any atom is -0.504 e. The molecule has 0 aliphatic heterocycles. The van der Waals surface area contributed by atoms with Gasteiger partial charge in [0, 0.05) is 6.08 Å². The molecule has 1 aromatic rings. The van der Waals surface area contributed by atoms with Crippen LogP contribution in [0.1, 0.15) is 5.56 Å². The Hall–Kier alpha value is -2.70. The van der Waals surface area contributed by atoms with E-state index in [4.69, 9.17) is 0 Å². The lowest BCUT2D eigenvalue weighted by Gasteiger charge is -2.08. The maximum Gasteiger partial charge on any atom is 0.338 e. The van der Waals surface area contributed by atoms with Crippen LogP contribution in [0.3, 0.4) is 0 Å². The van der Waals surface area contributed by atoms with Crippen LogP contribution in [0.15, 0.2) is 18.2 Å². The van der Waals surface area contributed by atoms with Gasteiger partial charge in [-0.1, -0.05) is 0 Å². The summed E-state index contributed by atoms with van der Waals surface area (Å²) in [5.41, 5.74) is -0.245. The zero-order chi connectivity index (χ0) is 14.6. The van der Waals surface area contributed by atoms with E-state index in [9.17, 15) is 24.9 Å². The molecule has 0 aromatic heterocycles. The number of hydrogen-bond acceptors (Lipinski definition) is 7. The normalized spacial score (nSPS) is 10.9. The highest BCUT2D eigenvalue weighted by Crippen LogP contribution is 2.37. The van der Waals surface area contributed by atoms with Crippen LogP contribution in [0.2, 0.25) is 0 Å². The van der Waals surface area contributed by atoms with E-state index < -0.39 is 29.2 Å². The molecule has 3 N–H and O–H groups in total. The Morgan fingerprint density at radius 1 is 1.05 bits per heavy atom. The lowest BCUT2D eigenvalue weighted by Crippen LogP contribution is -2.07. The summed E-state index contributed by atoms with van der Waals surface area (Å²) in [7, 11) is 2.23. The van der Waals surface area contributed by atoms with Crippen molar-refractivity contribution in [1.82, 2.24) is 0 Å². The third-order valence-electron chi connectivity index (χ3n) is 2.25. The number of esters is 2. The van der Waals surface area contributed by atoms with Gasteiger partial charge in [0.25, 0.3) is 0 Å². The zero-order valence-corrected chi connectivity index (χ0v) is 10.2. The quantitative estimate of drug-likeness (QED) is 0.416. The highest BCUT2D eigenvalue weighted by Gasteiger charge is 2.18. The molecule has 0 amide bonds. The first-order chi connectivity index (χ1) is 8.90. The van der Waals surface area contributed by atoms with Crippen LogP contribution in [0.4, 0.5) is 0 Å². The van der Waals surface area contributed by atoms with E-state index in [-0.39, 0.29) is 11.1 Å². The Kier molecular flexibility index (Phi) is 4.36. The number of methoxy groups -OCH3 is 2. The van der Waals surface area contributed by atoms with Crippen molar-refractivity contribution < 1.29 is 34.4 Å². The molecule has 0 saturated carbocycles. The molecule has 0 spiro atoms. The van der Waals surface area contributed by atoms with Crippen LogP contribution in [0, 0.1) is 0 Å². The van der Waals surface area contributed by atoms with Crippen LogP contribution in [-0.4, -0.2) is 41.5 Å². The number of benzene rings is 1. The molecule has 0 saturated heterocycles. The first kappa shape index (κ1) is 14.4. The van der Waals surface area contributed by atoms with Crippen molar-refractivity contribution in [3.63, 3.8) is 0 Å². The molecule has 1 aromatic carbocycles. The summed E-state index contributed by atoms with van der Waals surface area (Å²) in [5, 5.41) is 27.9. The molecule has 0 atom stereocenters. The van der Waals surface area contributed by atoms with Crippen molar-refractivity contribution in [2.24, 2.45) is 0 Å². The lowest BCUT2D eigenvalue weighted by atomic mass is 10.0. The number of hydrogen-bond donors (Lipinski definition) is 3. The van der Waals surface area contributed by atoms with Crippen LogP contribution < -0.4 is 0 Å². The SMILES string of the molecule is COC(=O)/C=C(/C(=O)OC)c1cc(O)c(O)c(O)c1. The Morgan fingerprint density at radius 2 is 1.58 bits per heavy atom. The van der Waals surface area contributed by atoms with Crippen LogP contribution >= 0.6 is 0 Å². The van der Waals surface area contributed by atoms with Crippen molar-refractivity contribution in [3.8, 4) is 17.2 Å². The van der Waals surface area contributed by atoms with Crippen molar-refractivity contribution in [1.29, 1.82) is 0 Å². The van der Waals surface area contributed by atoms with Gasteiger partial charge in [-0.2, -0.15) is 0 Å². The monoisotopic (exact) mass is 268 g/mol. The van der Waals surface area contributed by atoms with Gasteiger partial charge >= 0.3 is 11.9 Å². The smallest absolute Gasteiger partial charge is 0.338 e. The predicted octanol–water partition coefficient (Wildman–Crippen LogP) is 0.533. The second kappa shape index (κ2) is 5.76. The second-order valence-corrected chi connectivity index (χ2v) is 3.44. The molecule has 7 nitrogen and oxygen atoms in total. The number of carbonyl (C=O) groups is 2. The maximum atomic E-state index is 11.5. The summed E-state index contributed by atoms with van der Waals surface area (Å²) >= 11 is 0. The van der Waals surface area contributed by atoms with Gasteiger partial charge < -0.3 is 24.8 Å². The molecule has 1 rings (SSSR count). The van der Waals surface area contributed by atoms with Crippen LogP contribution in [0.25, 0.3) is 5.57 Å². The average Bonchev–Trinajstić information content (AvgIpc) is 2.40. The minimum absolute atomic E-state index is 0.00921. The molecule has 0 aliphatic rings. The van der Waals surface area contributed by atoms with E-state index >= 15 is 0 Å². The van der Waals surface area contributed by atoms with Crippen LogP contribution in [-0.2, 0) is 19.1 Å².